The highest BCUT2D eigenvalue weighted by Gasteiger charge is 2.52. The van der Waals surface area contributed by atoms with Crippen LogP contribution in [0.1, 0.15) is 75.6 Å². The van der Waals surface area contributed by atoms with Gasteiger partial charge >= 0.3 is 19.2 Å². The number of pyridine rings is 4. The molecule has 5 aliphatic rings. The minimum atomic E-state index is -0.979. The molecule has 360 valence electrons. The quantitative estimate of drug-likeness (QED) is 0.129. The molecule has 4 amide bonds. The van der Waals surface area contributed by atoms with Crippen molar-refractivity contribution >= 4 is 84.1 Å². The van der Waals surface area contributed by atoms with Gasteiger partial charge in [0, 0.05) is 112 Å². The Kier molecular flexibility index (Phi) is 16.4. The second-order valence-corrected chi connectivity index (χ2v) is 20.9. The van der Waals surface area contributed by atoms with E-state index in [0.717, 1.165) is 77.9 Å². The lowest BCUT2D eigenvalue weighted by molar-refractivity contribution is 0.00578. The number of nitrogens with two attached hydrogens (primary N) is 2. The number of hydrogen-bond donors (Lipinski definition) is 4. The third kappa shape index (κ3) is 12.1. The lowest BCUT2D eigenvalue weighted by atomic mass is 9.79. The Morgan fingerprint density at radius 2 is 1.18 bits per heavy atom. The van der Waals surface area contributed by atoms with E-state index in [9.17, 15) is 19.8 Å². The van der Waals surface area contributed by atoms with Gasteiger partial charge < -0.3 is 40.5 Å². The molecule has 0 spiro atoms. The fourth-order valence-electron chi connectivity index (χ4n) is 8.22. The van der Waals surface area contributed by atoms with E-state index in [2.05, 4.69) is 67.7 Å². The van der Waals surface area contributed by atoms with Crippen molar-refractivity contribution in [1.82, 2.24) is 19.9 Å². The Morgan fingerprint density at radius 3 is 1.69 bits per heavy atom. The van der Waals surface area contributed by atoms with Crippen molar-refractivity contribution in [1.29, 1.82) is 0 Å². The molecule has 2 unspecified atom stereocenters. The number of carbonyl (C=O) groups is 2. The predicted octanol–water partition coefficient (Wildman–Crippen LogP) is 7.46. The average Bonchev–Trinajstić information content (AvgIpc) is 4.03. The second kappa shape index (κ2) is 21.7. The number of anilines is 2. The number of aliphatic hydroxyl groups is 2. The van der Waals surface area contributed by atoms with Crippen molar-refractivity contribution in [2.75, 3.05) is 49.3 Å². The van der Waals surface area contributed by atoms with Crippen molar-refractivity contribution in [3.8, 4) is 11.1 Å². The van der Waals surface area contributed by atoms with E-state index in [1.165, 1.54) is 9.80 Å². The van der Waals surface area contributed by atoms with E-state index in [1.54, 1.807) is 37.2 Å². The Labute approximate surface area is 422 Å². The molecule has 0 saturated carbocycles. The molecule has 16 nitrogen and oxygen atoms in total. The molecular formula is C48H56BBr3N8O8. The van der Waals surface area contributed by atoms with Gasteiger partial charge in [-0.1, -0.05) is 34.1 Å². The molecule has 6 N–H and O–H groups in total. The molecule has 68 heavy (non-hydrogen) atoms. The number of aryl methyl sites for hydroxylation is 2. The Balaban J connectivity index is 0.000000144. The van der Waals surface area contributed by atoms with Gasteiger partial charge in [0.25, 0.3) is 0 Å². The smallest absolute Gasteiger partial charge is 0.399 e. The summed E-state index contributed by atoms with van der Waals surface area (Å²) in [7, 11) is -0.438. The number of rotatable bonds is 4. The maximum Gasteiger partial charge on any atom is 0.496 e. The minimum Gasteiger partial charge on any atom is -0.399 e. The monoisotopic (exact) mass is 1120 g/mol. The van der Waals surface area contributed by atoms with Crippen LogP contribution in [0.4, 0.5) is 21.2 Å². The highest BCUT2D eigenvalue weighted by atomic mass is 79.9. The molecule has 0 bridgehead atoms. The number of hydrogen-bond acceptors (Lipinski definition) is 12. The molecule has 9 heterocycles. The zero-order chi connectivity index (χ0) is 48.9. The summed E-state index contributed by atoms with van der Waals surface area (Å²) in [6.45, 7) is 11.2. The highest BCUT2D eigenvalue weighted by molar-refractivity contribution is 9.11. The van der Waals surface area contributed by atoms with Crippen molar-refractivity contribution in [3.05, 3.63) is 121 Å². The summed E-state index contributed by atoms with van der Waals surface area (Å²) in [6.07, 6.45) is 15.1. The lowest BCUT2D eigenvalue weighted by Crippen LogP contribution is -2.41. The van der Waals surface area contributed by atoms with Crippen LogP contribution >= 0.6 is 47.8 Å². The summed E-state index contributed by atoms with van der Waals surface area (Å²) in [5, 5.41) is 20.8. The van der Waals surface area contributed by atoms with E-state index in [4.69, 9.17) is 30.2 Å². The van der Waals surface area contributed by atoms with Crippen LogP contribution in [-0.2, 0) is 42.8 Å². The molecule has 20 heteroatoms. The number of amides is 4. The fraction of sp³-hybridized carbons (Fsp3) is 0.417. The minimum absolute atomic E-state index is 0.286. The molecule has 3 saturated heterocycles. The number of nitrogens with zero attached hydrogens (tertiary/aromatic N) is 6. The Bertz CT molecular complexity index is 2570. The number of ether oxygens (including phenoxy) is 2. The van der Waals surface area contributed by atoms with Gasteiger partial charge in [-0.2, -0.15) is 0 Å². The summed E-state index contributed by atoms with van der Waals surface area (Å²) in [4.78, 5) is 43.1. The molecule has 2 atom stereocenters. The standard InChI is InChI=1S/C18H20N4O3.C15H22BN3O3.C10H11BrO2.C5H3Br2N/c19-17(23)22-4-1-2-12-6-13(9-21-16(12)22)14-7-15(10-20-8-14)18(24)3-5-25-11-18;1-14(2)15(3,4)22-16(21-14)11-8-10-6-5-7-19(13(17)20)12(10)18-9-11;11-9-3-1-2-8(6-9)10(12)4-5-13-7-10;6-4-1-5(7)3-8-2-4/h6-10,24H,1-5,11H2,(H2,19,23);8-9H,5-7H2,1-4H3,(H2,17,20);1-3,6,12H,4-5,7H2;1-3H. The number of primary amides is 2. The first kappa shape index (κ1) is 51.5. The normalized spacial score (nSPS) is 22.0. The predicted molar refractivity (Wildman–Crippen MR) is 270 cm³/mol. The largest absolute Gasteiger partial charge is 0.496 e. The van der Waals surface area contributed by atoms with Gasteiger partial charge in [-0.3, -0.25) is 19.8 Å². The third-order valence-corrected chi connectivity index (χ3v) is 14.1. The van der Waals surface area contributed by atoms with E-state index in [-0.39, 0.29) is 17.8 Å². The van der Waals surface area contributed by atoms with Crippen molar-refractivity contribution < 1.29 is 38.6 Å². The van der Waals surface area contributed by atoms with E-state index in [0.29, 0.717) is 57.4 Å². The maximum atomic E-state index is 11.6. The van der Waals surface area contributed by atoms with Gasteiger partial charge in [-0.15, -0.1) is 0 Å². The third-order valence-electron chi connectivity index (χ3n) is 12.8. The SMILES string of the molecule is Brc1cncc(Br)c1.CC1(C)OB(c2cnc3c(c2)CCCN3C(N)=O)OC1(C)C.NC(=O)N1CCCc2cc(-c3cncc(C4(O)CCOC4)c3)cnc21.OC1(c2cccc(Br)c2)CCOC1. The molecule has 3 fully saturated rings. The number of aromatic nitrogens is 4. The molecule has 10 rings (SSSR count). The molecule has 5 aliphatic heterocycles. The summed E-state index contributed by atoms with van der Waals surface area (Å²) < 4.78 is 25.6. The number of halogens is 3. The van der Waals surface area contributed by atoms with Crippen molar-refractivity contribution in [2.24, 2.45) is 11.5 Å². The van der Waals surface area contributed by atoms with Gasteiger partial charge in [0.1, 0.15) is 22.8 Å². The van der Waals surface area contributed by atoms with Gasteiger partial charge in [-0.05, 0) is 132 Å². The molecule has 0 aliphatic carbocycles. The van der Waals surface area contributed by atoms with Crippen molar-refractivity contribution in [2.45, 2.75) is 88.6 Å². The zero-order valence-electron chi connectivity index (χ0n) is 38.5. The van der Waals surface area contributed by atoms with E-state index in [1.807, 2.05) is 76.2 Å². The first-order valence-electron chi connectivity index (χ1n) is 22.3. The van der Waals surface area contributed by atoms with Crippen LogP contribution in [0.3, 0.4) is 0 Å². The summed E-state index contributed by atoms with van der Waals surface area (Å²) in [6, 6.07) is 14.7. The molecule has 1 aromatic carbocycles. The van der Waals surface area contributed by atoms with E-state index >= 15 is 0 Å². The van der Waals surface area contributed by atoms with Crippen molar-refractivity contribution in [3.63, 3.8) is 0 Å². The molecular weight excluding hydrogens is 1070 g/mol. The van der Waals surface area contributed by atoms with Crippen LogP contribution in [-0.4, -0.2) is 100 Å². The fourth-order valence-corrected chi connectivity index (χ4v) is 9.66. The van der Waals surface area contributed by atoms with Crippen LogP contribution in [0.15, 0.2) is 99.1 Å². The van der Waals surface area contributed by atoms with Crippen LogP contribution < -0.4 is 26.7 Å². The number of carbonyl (C=O) groups excluding carboxylic acids is 2. The van der Waals surface area contributed by atoms with Gasteiger partial charge in [-0.25, -0.2) is 19.6 Å². The lowest BCUT2D eigenvalue weighted by Gasteiger charge is -2.32. The molecule has 0 radical (unpaired) electrons. The van der Waals surface area contributed by atoms with Gasteiger partial charge in [0.2, 0.25) is 0 Å². The topological polar surface area (TPSA) is 222 Å². The van der Waals surface area contributed by atoms with Crippen LogP contribution in [0.5, 0.6) is 0 Å². The molecule has 5 aromatic rings. The van der Waals surface area contributed by atoms with E-state index < -0.39 is 30.4 Å². The number of urea groups is 2. The van der Waals surface area contributed by atoms with Crippen LogP contribution in [0, 0.1) is 0 Å². The first-order valence-corrected chi connectivity index (χ1v) is 24.7. The first-order chi connectivity index (χ1) is 32.3. The summed E-state index contributed by atoms with van der Waals surface area (Å²) in [5.41, 5.74) is 14.7. The zero-order valence-corrected chi connectivity index (χ0v) is 43.2. The highest BCUT2D eigenvalue weighted by Crippen LogP contribution is 2.38. The number of benzene rings is 1. The summed E-state index contributed by atoms with van der Waals surface area (Å²) in [5.74, 6) is 1.29. The Hall–Kier alpha value is -4.38. The van der Waals surface area contributed by atoms with Crippen LogP contribution in [0.2, 0.25) is 0 Å². The maximum absolute atomic E-state index is 11.6. The summed E-state index contributed by atoms with van der Waals surface area (Å²) >= 11 is 9.92. The van der Waals surface area contributed by atoms with Gasteiger partial charge in [0.05, 0.1) is 24.4 Å². The average molecular weight is 1120 g/mol. The van der Waals surface area contributed by atoms with Crippen LogP contribution in [0.25, 0.3) is 11.1 Å². The van der Waals surface area contributed by atoms with Gasteiger partial charge in [0.15, 0.2) is 0 Å². The Morgan fingerprint density at radius 1 is 0.647 bits per heavy atom. The molecule has 4 aromatic heterocycles. The number of fused-ring (bicyclic) bond motifs is 2. The second-order valence-electron chi connectivity index (χ2n) is 18.2.